The number of hydrogen-bond acceptors (Lipinski definition) is 12. The molecule has 0 aliphatic heterocycles. The van der Waals surface area contributed by atoms with Gasteiger partial charge in [0.05, 0.1) is 38.1 Å². The zero-order chi connectivity index (χ0) is 33.9. The summed E-state index contributed by atoms with van der Waals surface area (Å²) >= 11 is 0. The van der Waals surface area contributed by atoms with Crippen molar-refractivity contribution < 1.29 is 57.1 Å². The lowest BCUT2D eigenvalue weighted by atomic mass is 9.95. The topological polar surface area (TPSA) is 142 Å². The van der Waals surface area contributed by atoms with E-state index in [9.17, 15) is 19.2 Å². The summed E-state index contributed by atoms with van der Waals surface area (Å²) in [5.74, 6) is -0.410. The number of hydrogen-bond donors (Lipinski definition) is 0. The zero-order valence-electron chi connectivity index (χ0n) is 26.2. The number of esters is 4. The molecule has 0 amide bonds. The van der Waals surface area contributed by atoms with Gasteiger partial charge in [0.1, 0.15) is 17.6 Å². The van der Waals surface area contributed by atoms with Gasteiger partial charge in [-0.1, -0.05) is 19.7 Å². The first-order chi connectivity index (χ1) is 22.8. The number of carbonyl (C=O) groups excluding carboxylic acids is 4. The highest BCUT2D eigenvalue weighted by molar-refractivity contribution is 5.90. The normalized spacial score (nSPS) is 15.3. The van der Waals surface area contributed by atoms with Crippen LogP contribution in [0.2, 0.25) is 0 Å². The maximum absolute atomic E-state index is 13.0. The van der Waals surface area contributed by atoms with E-state index in [1.165, 1.54) is 0 Å². The highest BCUT2D eigenvalue weighted by Gasteiger charge is 2.25. The van der Waals surface area contributed by atoms with Gasteiger partial charge in [-0.15, -0.1) is 0 Å². The molecule has 12 nitrogen and oxygen atoms in total. The molecule has 1 saturated carbocycles. The van der Waals surface area contributed by atoms with Gasteiger partial charge in [-0.05, 0) is 68.1 Å². The molecule has 3 rings (SSSR count). The van der Waals surface area contributed by atoms with Crippen LogP contribution in [-0.4, -0.2) is 69.3 Å². The van der Waals surface area contributed by atoms with E-state index in [-0.39, 0.29) is 45.4 Å². The van der Waals surface area contributed by atoms with Crippen molar-refractivity contribution in [2.24, 2.45) is 0 Å². The standard InChI is InChI=1S/C35H40O12/c1-4-32(36)42-21-7-19-40-30-18-9-25(23-31(30)41-20-8-22-43-33(37)5-2)35(39)47-29-16-12-27(13-17-29)45-24-44-26-10-14-28(15-11-26)46-34(38)6-3/h4-6,9-11,14-15,18,23,27,29H,1-3,7-8,12-13,16-17,19-22,24H2. The van der Waals surface area contributed by atoms with Crippen molar-refractivity contribution in [1.82, 2.24) is 0 Å². The van der Waals surface area contributed by atoms with Crippen LogP contribution in [0.3, 0.4) is 0 Å². The highest BCUT2D eigenvalue weighted by Crippen LogP contribution is 2.30. The number of benzene rings is 2. The fourth-order valence-electron chi connectivity index (χ4n) is 4.31. The van der Waals surface area contributed by atoms with E-state index in [2.05, 4.69) is 19.7 Å². The summed E-state index contributed by atoms with van der Waals surface area (Å²) in [6.45, 7) is 10.8. The molecule has 0 spiro atoms. The molecule has 252 valence electrons. The van der Waals surface area contributed by atoms with E-state index in [1.807, 2.05) is 0 Å². The van der Waals surface area contributed by atoms with Crippen molar-refractivity contribution in [2.75, 3.05) is 33.2 Å². The number of rotatable bonds is 20. The zero-order valence-corrected chi connectivity index (χ0v) is 26.2. The Kier molecular flexibility index (Phi) is 15.6. The van der Waals surface area contributed by atoms with Crippen LogP contribution in [0.25, 0.3) is 0 Å². The summed E-state index contributed by atoms with van der Waals surface area (Å²) in [6, 6.07) is 11.3. The van der Waals surface area contributed by atoms with Crippen molar-refractivity contribution in [1.29, 1.82) is 0 Å². The largest absolute Gasteiger partial charge is 0.490 e. The van der Waals surface area contributed by atoms with Crippen LogP contribution < -0.4 is 18.9 Å². The Morgan fingerprint density at radius 3 is 1.79 bits per heavy atom. The molecular formula is C35H40O12. The van der Waals surface area contributed by atoms with E-state index in [4.69, 9.17) is 37.9 Å². The van der Waals surface area contributed by atoms with Crippen molar-refractivity contribution in [3.8, 4) is 23.0 Å². The minimum atomic E-state index is -0.541. The van der Waals surface area contributed by atoms with Gasteiger partial charge in [0.2, 0.25) is 0 Å². The molecule has 0 atom stereocenters. The van der Waals surface area contributed by atoms with Gasteiger partial charge in [-0.3, -0.25) is 0 Å². The fraction of sp³-hybridized carbons (Fsp3) is 0.371. The molecule has 1 aliphatic carbocycles. The summed E-state index contributed by atoms with van der Waals surface area (Å²) in [5.41, 5.74) is 0.294. The summed E-state index contributed by atoms with van der Waals surface area (Å²) in [4.78, 5) is 46.8. The molecule has 0 aromatic heterocycles. The van der Waals surface area contributed by atoms with E-state index < -0.39 is 23.9 Å². The second-order valence-corrected chi connectivity index (χ2v) is 10.1. The molecule has 0 saturated heterocycles. The smallest absolute Gasteiger partial charge is 0.338 e. The van der Waals surface area contributed by atoms with Gasteiger partial charge >= 0.3 is 23.9 Å². The molecule has 47 heavy (non-hydrogen) atoms. The Bertz CT molecular complexity index is 1360. The second-order valence-electron chi connectivity index (χ2n) is 10.1. The molecule has 1 aliphatic rings. The van der Waals surface area contributed by atoms with Crippen LogP contribution in [0.1, 0.15) is 48.9 Å². The van der Waals surface area contributed by atoms with Crippen molar-refractivity contribution >= 4 is 23.9 Å². The molecule has 0 N–H and O–H groups in total. The van der Waals surface area contributed by atoms with Crippen LogP contribution in [0, 0.1) is 0 Å². The average molecular weight is 653 g/mol. The second kappa shape index (κ2) is 20.1. The molecule has 2 aromatic rings. The summed E-state index contributed by atoms with van der Waals surface area (Å²) in [7, 11) is 0. The van der Waals surface area contributed by atoms with Gasteiger partial charge in [-0.2, -0.15) is 0 Å². The van der Waals surface area contributed by atoms with Crippen LogP contribution in [-0.2, 0) is 33.3 Å². The number of carbonyl (C=O) groups is 4. The van der Waals surface area contributed by atoms with Gasteiger partial charge in [0.25, 0.3) is 0 Å². The maximum atomic E-state index is 13.0. The third-order valence-corrected chi connectivity index (χ3v) is 6.73. The van der Waals surface area contributed by atoms with Crippen LogP contribution in [0.15, 0.2) is 80.4 Å². The Labute approximate surface area is 273 Å². The maximum Gasteiger partial charge on any atom is 0.338 e. The minimum Gasteiger partial charge on any atom is -0.490 e. The molecule has 1 fully saturated rings. The Balaban J connectivity index is 1.45. The molecule has 0 unspecified atom stereocenters. The Morgan fingerprint density at radius 2 is 1.19 bits per heavy atom. The quantitative estimate of drug-likeness (QED) is 0.0458. The first kappa shape index (κ1) is 36.4. The molecule has 0 bridgehead atoms. The summed E-state index contributed by atoms with van der Waals surface area (Å²) in [5, 5.41) is 0. The fourth-order valence-corrected chi connectivity index (χ4v) is 4.31. The van der Waals surface area contributed by atoms with Gasteiger partial charge in [-0.25, -0.2) is 19.2 Å². The molecule has 0 radical (unpaired) electrons. The summed E-state index contributed by atoms with van der Waals surface area (Å²) in [6.07, 6.45) is 6.42. The van der Waals surface area contributed by atoms with Crippen molar-refractivity contribution in [3.63, 3.8) is 0 Å². The average Bonchev–Trinajstić information content (AvgIpc) is 3.09. The van der Waals surface area contributed by atoms with Gasteiger partial charge < -0.3 is 37.9 Å². The minimum absolute atomic E-state index is 0.0414. The monoisotopic (exact) mass is 652 g/mol. The van der Waals surface area contributed by atoms with E-state index in [0.29, 0.717) is 67.1 Å². The van der Waals surface area contributed by atoms with Crippen LogP contribution in [0.4, 0.5) is 0 Å². The van der Waals surface area contributed by atoms with Crippen LogP contribution >= 0.6 is 0 Å². The first-order valence-electron chi connectivity index (χ1n) is 15.2. The van der Waals surface area contributed by atoms with Crippen molar-refractivity contribution in [2.45, 2.75) is 50.7 Å². The third kappa shape index (κ3) is 13.4. The predicted molar refractivity (Wildman–Crippen MR) is 169 cm³/mol. The Hall–Kier alpha value is -5.10. The molecule has 12 heteroatoms. The summed E-state index contributed by atoms with van der Waals surface area (Å²) < 4.78 is 43.9. The lowest BCUT2D eigenvalue weighted by Crippen LogP contribution is -2.29. The van der Waals surface area contributed by atoms with Crippen molar-refractivity contribution in [3.05, 3.63) is 86.0 Å². The van der Waals surface area contributed by atoms with E-state index in [0.717, 1.165) is 18.2 Å². The Morgan fingerprint density at radius 1 is 0.638 bits per heavy atom. The predicted octanol–water partition coefficient (Wildman–Crippen LogP) is 5.30. The molecule has 0 heterocycles. The highest BCUT2D eigenvalue weighted by atomic mass is 16.7. The van der Waals surface area contributed by atoms with E-state index >= 15 is 0 Å². The molecular weight excluding hydrogens is 612 g/mol. The third-order valence-electron chi connectivity index (χ3n) is 6.73. The SMILES string of the molecule is C=CC(=O)OCCCOc1ccc(C(=O)OC2CCC(OCOc3ccc(OC(=O)C=C)cc3)CC2)cc1OCCCOC(=O)C=C. The number of ether oxygens (including phenoxy) is 8. The molecule has 2 aromatic carbocycles. The van der Waals surface area contributed by atoms with Gasteiger partial charge in [0.15, 0.2) is 18.3 Å². The lowest BCUT2D eigenvalue weighted by Gasteiger charge is -2.28. The van der Waals surface area contributed by atoms with E-state index in [1.54, 1.807) is 42.5 Å². The first-order valence-corrected chi connectivity index (χ1v) is 15.2. The van der Waals surface area contributed by atoms with Crippen LogP contribution in [0.5, 0.6) is 23.0 Å². The van der Waals surface area contributed by atoms with Gasteiger partial charge in [0, 0.05) is 31.1 Å². The lowest BCUT2D eigenvalue weighted by molar-refractivity contribution is -0.138.